The molecule has 0 bridgehead atoms. The minimum atomic E-state index is 0.0113. The standard InChI is InChI=1S/C28H36Cl2N4O2/c1-32(27(35)21-7-3-2-4-8-21)20-23(22-9-10-25(29)26(30)19-22)11-16-33-17-12-24(13-18-33)34-15-6-5-14-31-28(34)36/h2-4,7-10,19,23-24H,5-6,11-18,20H2,1H3,(H,31,36). The number of amides is 3. The van der Waals surface area contributed by atoms with Crippen LogP contribution < -0.4 is 5.32 Å². The highest BCUT2D eigenvalue weighted by Gasteiger charge is 2.29. The Balaban J connectivity index is 1.37. The topological polar surface area (TPSA) is 55.9 Å². The van der Waals surface area contributed by atoms with Gasteiger partial charge in [-0.1, -0.05) is 47.5 Å². The van der Waals surface area contributed by atoms with Crippen molar-refractivity contribution in [3.8, 4) is 0 Å². The maximum absolute atomic E-state index is 13.0. The largest absolute Gasteiger partial charge is 0.341 e. The molecule has 8 heteroatoms. The molecule has 0 saturated carbocycles. The number of rotatable bonds is 8. The summed E-state index contributed by atoms with van der Waals surface area (Å²) in [5.74, 6) is 0.142. The first-order chi connectivity index (χ1) is 17.4. The van der Waals surface area contributed by atoms with Crippen LogP contribution in [0.2, 0.25) is 10.0 Å². The van der Waals surface area contributed by atoms with E-state index in [9.17, 15) is 9.59 Å². The molecule has 2 heterocycles. The van der Waals surface area contributed by atoms with Gasteiger partial charge < -0.3 is 20.0 Å². The van der Waals surface area contributed by atoms with Crippen LogP contribution in [0, 0.1) is 0 Å². The Hall–Kier alpha value is -2.28. The SMILES string of the molecule is CN(CC(CCN1CCC(N2CCCCNC2=O)CC1)c1ccc(Cl)c(Cl)c1)C(=O)c1ccccc1. The molecule has 2 saturated heterocycles. The van der Waals surface area contributed by atoms with Crippen LogP contribution in [0.15, 0.2) is 48.5 Å². The number of hydrogen-bond acceptors (Lipinski definition) is 3. The van der Waals surface area contributed by atoms with Crippen LogP contribution in [0.25, 0.3) is 0 Å². The van der Waals surface area contributed by atoms with E-state index in [1.807, 2.05) is 60.5 Å². The fourth-order valence-electron chi connectivity index (χ4n) is 5.29. The second kappa shape index (κ2) is 12.8. The fourth-order valence-corrected chi connectivity index (χ4v) is 5.60. The van der Waals surface area contributed by atoms with Gasteiger partial charge in [0.1, 0.15) is 0 Å². The molecule has 194 valence electrons. The maximum atomic E-state index is 13.0. The van der Waals surface area contributed by atoms with Gasteiger partial charge in [0.25, 0.3) is 5.91 Å². The first-order valence-corrected chi connectivity index (χ1v) is 13.7. The van der Waals surface area contributed by atoms with Gasteiger partial charge in [0.2, 0.25) is 0 Å². The second-order valence-electron chi connectivity index (χ2n) is 9.92. The third kappa shape index (κ3) is 6.93. The van der Waals surface area contributed by atoms with Crippen molar-refractivity contribution < 1.29 is 9.59 Å². The molecular weight excluding hydrogens is 495 g/mol. The van der Waals surface area contributed by atoms with E-state index in [4.69, 9.17) is 23.2 Å². The minimum Gasteiger partial charge on any atom is -0.341 e. The first kappa shape index (κ1) is 26.8. The Kier molecular flexibility index (Phi) is 9.52. The lowest BCUT2D eigenvalue weighted by atomic mass is 9.93. The number of likely N-dealkylation sites (N-methyl/N-ethyl adjacent to an activating group) is 1. The predicted octanol–water partition coefficient (Wildman–Crippen LogP) is 5.51. The summed E-state index contributed by atoms with van der Waals surface area (Å²) >= 11 is 12.5. The summed E-state index contributed by atoms with van der Waals surface area (Å²) in [7, 11) is 1.86. The Bertz CT molecular complexity index is 1030. The summed E-state index contributed by atoms with van der Waals surface area (Å²) < 4.78 is 0. The zero-order valence-electron chi connectivity index (χ0n) is 21.0. The van der Waals surface area contributed by atoms with Crippen LogP contribution in [-0.4, -0.2) is 79.0 Å². The Morgan fingerprint density at radius 3 is 2.53 bits per heavy atom. The van der Waals surface area contributed by atoms with Crippen molar-refractivity contribution in [3.05, 3.63) is 69.7 Å². The van der Waals surface area contributed by atoms with Crippen LogP contribution in [0.1, 0.15) is 53.9 Å². The molecule has 36 heavy (non-hydrogen) atoms. The van der Waals surface area contributed by atoms with Gasteiger partial charge in [-0.15, -0.1) is 0 Å². The molecule has 2 aromatic carbocycles. The van der Waals surface area contributed by atoms with Crippen molar-refractivity contribution in [1.29, 1.82) is 0 Å². The summed E-state index contributed by atoms with van der Waals surface area (Å²) in [6.07, 6.45) is 5.02. The summed E-state index contributed by atoms with van der Waals surface area (Å²) in [5, 5.41) is 4.10. The van der Waals surface area contributed by atoms with E-state index in [-0.39, 0.29) is 17.9 Å². The summed E-state index contributed by atoms with van der Waals surface area (Å²) in [6.45, 7) is 5.11. The molecule has 0 aromatic heterocycles. The lowest BCUT2D eigenvalue weighted by Gasteiger charge is -2.38. The number of likely N-dealkylation sites (tertiary alicyclic amines) is 1. The van der Waals surface area contributed by atoms with Gasteiger partial charge in [-0.05, 0) is 68.5 Å². The van der Waals surface area contributed by atoms with E-state index in [1.54, 1.807) is 4.90 Å². The van der Waals surface area contributed by atoms with Crippen molar-refractivity contribution in [1.82, 2.24) is 20.0 Å². The summed E-state index contributed by atoms with van der Waals surface area (Å²) in [5.41, 5.74) is 1.78. The highest BCUT2D eigenvalue weighted by Crippen LogP contribution is 2.30. The monoisotopic (exact) mass is 530 g/mol. The second-order valence-corrected chi connectivity index (χ2v) is 10.7. The van der Waals surface area contributed by atoms with Crippen molar-refractivity contribution in [2.24, 2.45) is 0 Å². The quantitative estimate of drug-likeness (QED) is 0.489. The fraction of sp³-hybridized carbons (Fsp3) is 0.500. The maximum Gasteiger partial charge on any atom is 0.317 e. The molecule has 0 spiro atoms. The zero-order valence-corrected chi connectivity index (χ0v) is 22.5. The molecule has 0 radical (unpaired) electrons. The molecule has 1 unspecified atom stereocenters. The molecule has 1 atom stereocenters. The van der Waals surface area contributed by atoms with Gasteiger partial charge in [-0.3, -0.25) is 4.79 Å². The van der Waals surface area contributed by atoms with Gasteiger partial charge in [0, 0.05) is 57.3 Å². The smallest absolute Gasteiger partial charge is 0.317 e. The van der Waals surface area contributed by atoms with Crippen LogP contribution in [0.4, 0.5) is 4.79 Å². The van der Waals surface area contributed by atoms with Crippen molar-refractivity contribution in [3.63, 3.8) is 0 Å². The highest BCUT2D eigenvalue weighted by molar-refractivity contribution is 6.42. The van der Waals surface area contributed by atoms with Gasteiger partial charge in [-0.25, -0.2) is 4.79 Å². The normalized spacial score (nSPS) is 18.4. The van der Waals surface area contributed by atoms with Crippen LogP contribution in [0.5, 0.6) is 0 Å². The Morgan fingerprint density at radius 1 is 1.06 bits per heavy atom. The van der Waals surface area contributed by atoms with Gasteiger partial charge >= 0.3 is 6.03 Å². The number of nitrogens with zero attached hydrogens (tertiary/aromatic N) is 3. The predicted molar refractivity (Wildman–Crippen MR) is 146 cm³/mol. The summed E-state index contributed by atoms with van der Waals surface area (Å²) in [6, 6.07) is 15.6. The van der Waals surface area contributed by atoms with Crippen LogP contribution in [-0.2, 0) is 0 Å². The van der Waals surface area contributed by atoms with Gasteiger partial charge in [0.15, 0.2) is 0 Å². The van der Waals surface area contributed by atoms with Gasteiger partial charge in [-0.2, -0.15) is 0 Å². The minimum absolute atomic E-state index is 0.0113. The van der Waals surface area contributed by atoms with E-state index in [0.717, 1.165) is 70.4 Å². The molecule has 2 fully saturated rings. The number of carbonyl (C=O) groups excluding carboxylic acids is 2. The Morgan fingerprint density at radius 2 is 1.81 bits per heavy atom. The molecule has 2 aliphatic heterocycles. The lowest BCUT2D eigenvalue weighted by molar-refractivity contribution is 0.0779. The number of benzene rings is 2. The zero-order chi connectivity index (χ0) is 25.5. The lowest BCUT2D eigenvalue weighted by Crippen LogP contribution is -2.50. The van der Waals surface area contributed by atoms with E-state index in [0.29, 0.717) is 28.2 Å². The molecule has 3 amide bonds. The summed E-state index contributed by atoms with van der Waals surface area (Å²) in [4.78, 5) is 31.8. The van der Waals surface area contributed by atoms with Crippen molar-refractivity contribution in [2.45, 2.75) is 44.1 Å². The van der Waals surface area contributed by atoms with Crippen molar-refractivity contribution >= 4 is 35.1 Å². The molecule has 0 aliphatic carbocycles. The van der Waals surface area contributed by atoms with E-state index >= 15 is 0 Å². The molecule has 2 aromatic rings. The number of urea groups is 1. The third-order valence-corrected chi connectivity index (χ3v) is 8.17. The van der Waals surface area contributed by atoms with Gasteiger partial charge in [0.05, 0.1) is 10.0 Å². The third-order valence-electron chi connectivity index (χ3n) is 7.43. The number of hydrogen-bond donors (Lipinski definition) is 1. The van der Waals surface area contributed by atoms with Crippen molar-refractivity contribution in [2.75, 3.05) is 46.3 Å². The average Bonchev–Trinajstić information content (AvgIpc) is 3.12. The van der Waals surface area contributed by atoms with Crippen LogP contribution in [0.3, 0.4) is 0 Å². The number of halogens is 2. The van der Waals surface area contributed by atoms with Crippen LogP contribution >= 0.6 is 23.2 Å². The Labute approximate surface area is 224 Å². The number of nitrogens with one attached hydrogen (secondary N) is 1. The average molecular weight is 532 g/mol. The highest BCUT2D eigenvalue weighted by atomic mass is 35.5. The molecule has 4 rings (SSSR count). The van der Waals surface area contributed by atoms with E-state index < -0.39 is 0 Å². The first-order valence-electron chi connectivity index (χ1n) is 12.9. The molecule has 1 N–H and O–H groups in total. The molecule has 6 nitrogen and oxygen atoms in total. The van der Waals surface area contributed by atoms with E-state index in [1.165, 1.54) is 0 Å². The number of piperidine rings is 1. The molecular formula is C28H36Cl2N4O2. The number of carbonyl (C=O) groups is 2. The van der Waals surface area contributed by atoms with E-state index in [2.05, 4.69) is 10.2 Å². The molecule has 2 aliphatic rings.